The molecule has 35 heavy (non-hydrogen) atoms. The minimum absolute atomic E-state index is 0.0465. The van der Waals surface area contributed by atoms with Gasteiger partial charge in [0, 0.05) is 18.5 Å². The molecule has 182 valence electrons. The first-order valence-electron chi connectivity index (χ1n) is 12.3. The number of hydrogen-bond acceptors (Lipinski definition) is 3. The number of carbonyl (C=O) groups is 1. The van der Waals surface area contributed by atoms with Gasteiger partial charge in [0.15, 0.2) is 0 Å². The number of aromatic hydroxyl groups is 1. The number of carbonyl (C=O) groups excluding carboxylic acids is 1. The standard InChI is InChI=1S/C29H30Cl2N2O2/c1-32-28(23-7-2-3-8-24(23)29(32)35)22(20-10-11-25(30)26(31)18-20)14-17-33-15-12-19(13-16-33)21-6-4-5-9-27(21)34/h2-11,18-19,22,28,34H,12-17H2,1H3. The van der Waals surface area contributed by atoms with Crippen LogP contribution >= 0.6 is 23.2 Å². The average molecular weight is 509 g/mol. The van der Waals surface area contributed by atoms with Gasteiger partial charge in [-0.3, -0.25) is 4.79 Å². The Kier molecular flexibility index (Phi) is 7.06. The third kappa shape index (κ3) is 4.80. The first kappa shape index (κ1) is 24.2. The van der Waals surface area contributed by atoms with E-state index >= 15 is 0 Å². The smallest absolute Gasteiger partial charge is 0.254 e. The summed E-state index contributed by atoms with van der Waals surface area (Å²) in [5, 5.41) is 11.3. The highest BCUT2D eigenvalue weighted by atomic mass is 35.5. The van der Waals surface area contributed by atoms with Crippen LogP contribution in [0.15, 0.2) is 66.7 Å². The Bertz CT molecular complexity index is 1220. The predicted octanol–water partition coefficient (Wildman–Crippen LogP) is 6.88. The topological polar surface area (TPSA) is 43.8 Å². The summed E-state index contributed by atoms with van der Waals surface area (Å²) in [6.45, 7) is 2.91. The van der Waals surface area contributed by atoms with E-state index in [2.05, 4.69) is 11.0 Å². The number of halogens is 2. The average Bonchev–Trinajstić information content (AvgIpc) is 3.12. The summed E-state index contributed by atoms with van der Waals surface area (Å²) in [4.78, 5) is 17.4. The lowest BCUT2D eigenvalue weighted by molar-refractivity contribution is 0.0746. The quantitative estimate of drug-likeness (QED) is 0.394. The maximum Gasteiger partial charge on any atom is 0.254 e. The molecule has 3 aromatic carbocycles. The molecule has 1 amide bonds. The Balaban J connectivity index is 1.35. The van der Waals surface area contributed by atoms with E-state index in [1.54, 1.807) is 6.07 Å². The summed E-state index contributed by atoms with van der Waals surface area (Å²) in [7, 11) is 1.90. The third-order valence-electron chi connectivity index (χ3n) is 7.72. The number of piperidine rings is 1. The number of nitrogens with zero attached hydrogens (tertiary/aromatic N) is 2. The maximum atomic E-state index is 13.0. The van der Waals surface area contributed by atoms with Gasteiger partial charge >= 0.3 is 0 Å². The molecule has 2 aliphatic rings. The fourth-order valence-corrected chi connectivity index (χ4v) is 6.14. The zero-order valence-corrected chi connectivity index (χ0v) is 21.3. The minimum atomic E-state index is -0.0465. The molecule has 2 unspecified atom stereocenters. The molecule has 2 aliphatic heterocycles. The summed E-state index contributed by atoms with van der Waals surface area (Å²) in [5.41, 5.74) is 4.02. The lowest BCUT2D eigenvalue weighted by Gasteiger charge is -2.35. The molecule has 0 aliphatic carbocycles. The number of amides is 1. The maximum absolute atomic E-state index is 13.0. The number of likely N-dealkylation sites (tertiary alicyclic amines) is 1. The second-order valence-electron chi connectivity index (χ2n) is 9.69. The summed E-state index contributed by atoms with van der Waals surface area (Å²) < 4.78 is 0. The molecule has 2 heterocycles. The first-order chi connectivity index (χ1) is 16.9. The van der Waals surface area contributed by atoms with Gasteiger partial charge < -0.3 is 14.9 Å². The van der Waals surface area contributed by atoms with Crippen molar-refractivity contribution < 1.29 is 9.90 Å². The van der Waals surface area contributed by atoms with Crippen LogP contribution in [0, 0.1) is 0 Å². The van der Waals surface area contributed by atoms with Gasteiger partial charge in [0.2, 0.25) is 0 Å². The fraction of sp³-hybridized carbons (Fsp3) is 0.345. The zero-order chi connectivity index (χ0) is 24.5. The van der Waals surface area contributed by atoms with Crippen LogP contribution in [0.5, 0.6) is 5.75 Å². The molecule has 0 spiro atoms. The molecule has 5 rings (SSSR count). The van der Waals surface area contributed by atoms with Crippen molar-refractivity contribution in [3.63, 3.8) is 0 Å². The Morgan fingerprint density at radius 1 is 0.943 bits per heavy atom. The lowest BCUT2D eigenvalue weighted by atomic mass is 9.84. The van der Waals surface area contributed by atoms with Gasteiger partial charge in [-0.1, -0.05) is 65.7 Å². The fourth-order valence-electron chi connectivity index (χ4n) is 5.83. The number of rotatable bonds is 6. The molecule has 1 N–H and O–H groups in total. The first-order valence-corrected chi connectivity index (χ1v) is 13.0. The van der Waals surface area contributed by atoms with Crippen molar-refractivity contribution in [3.8, 4) is 5.75 Å². The van der Waals surface area contributed by atoms with Crippen molar-refractivity contribution in [3.05, 3.63) is 99.0 Å². The molecule has 4 nitrogen and oxygen atoms in total. The molecule has 1 saturated heterocycles. The largest absolute Gasteiger partial charge is 0.508 e. The van der Waals surface area contributed by atoms with Crippen LogP contribution in [0.2, 0.25) is 10.0 Å². The zero-order valence-electron chi connectivity index (χ0n) is 19.8. The second kappa shape index (κ2) is 10.2. The highest BCUT2D eigenvalue weighted by Crippen LogP contribution is 2.45. The summed E-state index contributed by atoms with van der Waals surface area (Å²) >= 11 is 12.7. The molecule has 1 fully saturated rings. The minimum Gasteiger partial charge on any atom is -0.508 e. The van der Waals surface area contributed by atoms with Crippen molar-refractivity contribution >= 4 is 29.1 Å². The van der Waals surface area contributed by atoms with Gasteiger partial charge in [0.05, 0.1) is 16.1 Å². The molecular weight excluding hydrogens is 479 g/mol. The molecule has 3 aromatic rings. The second-order valence-corrected chi connectivity index (χ2v) is 10.5. The molecule has 0 radical (unpaired) electrons. The van der Waals surface area contributed by atoms with Crippen molar-refractivity contribution in [1.29, 1.82) is 0 Å². The van der Waals surface area contributed by atoms with Crippen molar-refractivity contribution in [1.82, 2.24) is 9.80 Å². The van der Waals surface area contributed by atoms with Crippen LogP contribution in [0.1, 0.15) is 64.2 Å². The van der Waals surface area contributed by atoms with Crippen molar-refractivity contribution in [2.24, 2.45) is 0 Å². The van der Waals surface area contributed by atoms with E-state index in [4.69, 9.17) is 23.2 Å². The van der Waals surface area contributed by atoms with E-state index in [-0.39, 0.29) is 17.9 Å². The van der Waals surface area contributed by atoms with Crippen LogP contribution in [-0.2, 0) is 0 Å². The number of benzene rings is 3. The number of phenolic OH excluding ortho intramolecular Hbond substituents is 1. The Labute approximate surface area is 217 Å². The van der Waals surface area contributed by atoms with Gasteiger partial charge in [-0.25, -0.2) is 0 Å². The number of likely N-dealkylation sites (N-methyl/N-ethyl adjacent to an activating group) is 1. The highest BCUT2D eigenvalue weighted by molar-refractivity contribution is 6.42. The van der Waals surface area contributed by atoms with Crippen LogP contribution < -0.4 is 0 Å². The Hall–Kier alpha value is -2.53. The number of fused-ring (bicyclic) bond motifs is 1. The van der Waals surface area contributed by atoms with Gasteiger partial charge in [-0.15, -0.1) is 0 Å². The van der Waals surface area contributed by atoms with Crippen LogP contribution in [0.4, 0.5) is 0 Å². The Morgan fingerprint density at radius 3 is 2.34 bits per heavy atom. The van der Waals surface area contributed by atoms with E-state index in [1.807, 2.05) is 66.5 Å². The van der Waals surface area contributed by atoms with Crippen molar-refractivity contribution in [2.75, 3.05) is 26.7 Å². The van der Waals surface area contributed by atoms with Crippen molar-refractivity contribution in [2.45, 2.75) is 37.1 Å². The number of phenols is 1. The monoisotopic (exact) mass is 508 g/mol. The van der Waals surface area contributed by atoms with E-state index in [0.717, 1.165) is 61.2 Å². The normalized spacial score (nSPS) is 19.7. The lowest BCUT2D eigenvalue weighted by Crippen LogP contribution is -2.35. The van der Waals surface area contributed by atoms with Crippen LogP contribution in [0.3, 0.4) is 0 Å². The van der Waals surface area contributed by atoms with Crippen LogP contribution in [-0.4, -0.2) is 47.5 Å². The third-order valence-corrected chi connectivity index (χ3v) is 8.46. The van der Waals surface area contributed by atoms with E-state index < -0.39 is 0 Å². The molecular formula is C29H30Cl2N2O2. The molecule has 0 aromatic heterocycles. The van der Waals surface area contributed by atoms with Crippen LogP contribution in [0.25, 0.3) is 0 Å². The van der Waals surface area contributed by atoms with E-state index in [9.17, 15) is 9.90 Å². The molecule has 2 atom stereocenters. The molecule has 0 bridgehead atoms. The SMILES string of the molecule is CN1C(=O)c2ccccc2C1C(CCN1CCC(c2ccccc2O)CC1)c1ccc(Cl)c(Cl)c1. The Morgan fingerprint density at radius 2 is 1.63 bits per heavy atom. The molecule has 6 heteroatoms. The van der Waals surface area contributed by atoms with Gasteiger partial charge in [0.1, 0.15) is 5.75 Å². The highest BCUT2D eigenvalue weighted by Gasteiger charge is 2.39. The molecule has 0 saturated carbocycles. The van der Waals surface area contributed by atoms with Gasteiger partial charge in [-0.2, -0.15) is 0 Å². The van der Waals surface area contributed by atoms with E-state index in [1.165, 1.54) is 0 Å². The number of hydrogen-bond donors (Lipinski definition) is 1. The summed E-state index contributed by atoms with van der Waals surface area (Å²) in [6.07, 6.45) is 2.95. The van der Waals surface area contributed by atoms with E-state index in [0.29, 0.717) is 21.7 Å². The number of para-hydroxylation sites is 1. The predicted molar refractivity (Wildman–Crippen MR) is 142 cm³/mol. The summed E-state index contributed by atoms with van der Waals surface area (Å²) in [6, 6.07) is 21.4. The summed E-state index contributed by atoms with van der Waals surface area (Å²) in [5.74, 6) is 0.958. The van der Waals surface area contributed by atoms with Gasteiger partial charge in [0.25, 0.3) is 5.91 Å². The van der Waals surface area contributed by atoms with Gasteiger partial charge in [-0.05, 0) is 85.8 Å².